The second kappa shape index (κ2) is 7.14. The lowest BCUT2D eigenvalue weighted by Crippen LogP contribution is -2.43. The van der Waals surface area contributed by atoms with Gasteiger partial charge in [0.1, 0.15) is 0 Å². The predicted octanol–water partition coefficient (Wildman–Crippen LogP) is 1.73. The van der Waals surface area contributed by atoms with Crippen molar-refractivity contribution in [1.82, 2.24) is 10.6 Å². The third kappa shape index (κ3) is 5.56. The van der Waals surface area contributed by atoms with E-state index in [-0.39, 0.29) is 12.5 Å². The molecule has 0 aromatic rings. The molecule has 1 aliphatic rings. The maximum Gasteiger partial charge on any atom is 0.315 e. The molecular weight excluding hydrogens is 220 g/mol. The summed E-state index contributed by atoms with van der Waals surface area (Å²) in [5.74, 6) is -0.220. The Kier molecular flexibility index (Phi) is 5.80. The minimum atomic E-state index is -0.783. The number of hydrogen-bond donors (Lipinski definition) is 3. The van der Waals surface area contributed by atoms with Crippen LogP contribution in [0, 0.1) is 5.92 Å². The van der Waals surface area contributed by atoms with E-state index in [0.29, 0.717) is 31.3 Å². The average Bonchev–Trinajstić information content (AvgIpc) is 2.63. The maximum absolute atomic E-state index is 11.5. The Bertz CT molecular complexity index is 268. The fraction of sp³-hybridized carbons (Fsp3) is 0.833. The van der Waals surface area contributed by atoms with Gasteiger partial charge in [-0.25, -0.2) is 4.79 Å². The Labute approximate surface area is 102 Å². The highest BCUT2D eigenvalue weighted by molar-refractivity contribution is 5.74. The van der Waals surface area contributed by atoms with Crippen molar-refractivity contribution in [3.8, 4) is 0 Å². The van der Waals surface area contributed by atoms with E-state index in [4.69, 9.17) is 5.11 Å². The minimum absolute atomic E-state index is 0.126. The van der Waals surface area contributed by atoms with E-state index in [0.717, 1.165) is 6.42 Å². The molecule has 0 bridgehead atoms. The number of nitrogens with one attached hydrogen (secondary N) is 2. The van der Waals surface area contributed by atoms with Gasteiger partial charge in [-0.1, -0.05) is 13.3 Å². The van der Waals surface area contributed by atoms with E-state index in [1.54, 1.807) is 0 Å². The van der Waals surface area contributed by atoms with Crippen molar-refractivity contribution in [1.29, 1.82) is 0 Å². The smallest absolute Gasteiger partial charge is 0.315 e. The lowest BCUT2D eigenvalue weighted by Gasteiger charge is -2.17. The van der Waals surface area contributed by atoms with Crippen LogP contribution in [0.5, 0.6) is 0 Å². The number of hydrogen-bond acceptors (Lipinski definition) is 2. The van der Waals surface area contributed by atoms with Crippen LogP contribution >= 0.6 is 0 Å². The van der Waals surface area contributed by atoms with Crippen molar-refractivity contribution < 1.29 is 14.7 Å². The van der Waals surface area contributed by atoms with Crippen LogP contribution in [0.1, 0.15) is 45.4 Å². The normalized spacial score (nSPS) is 23.4. The second-order valence-electron chi connectivity index (χ2n) is 4.77. The molecule has 17 heavy (non-hydrogen) atoms. The summed E-state index contributed by atoms with van der Waals surface area (Å²) in [6.07, 6.45) is 4.92. The monoisotopic (exact) mass is 242 g/mol. The molecule has 0 heterocycles. The molecule has 5 nitrogen and oxygen atoms in total. The Morgan fingerprint density at radius 1 is 1.29 bits per heavy atom. The Morgan fingerprint density at radius 2 is 2.06 bits per heavy atom. The van der Waals surface area contributed by atoms with Gasteiger partial charge in [-0.2, -0.15) is 0 Å². The van der Waals surface area contributed by atoms with Crippen molar-refractivity contribution in [2.75, 3.05) is 6.54 Å². The number of rotatable bonds is 6. The summed E-state index contributed by atoms with van der Waals surface area (Å²) in [5.41, 5.74) is 0. The van der Waals surface area contributed by atoms with E-state index >= 15 is 0 Å². The highest BCUT2D eigenvalue weighted by Gasteiger charge is 2.24. The molecule has 0 aliphatic heterocycles. The number of carboxylic acid groups (broad SMARTS) is 1. The lowest BCUT2D eigenvalue weighted by molar-refractivity contribution is -0.137. The third-order valence-corrected chi connectivity index (χ3v) is 3.28. The highest BCUT2D eigenvalue weighted by atomic mass is 16.4. The van der Waals surface area contributed by atoms with Crippen LogP contribution in [0.4, 0.5) is 4.79 Å². The molecule has 0 radical (unpaired) electrons. The molecule has 2 atom stereocenters. The molecule has 0 aromatic carbocycles. The van der Waals surface area contributed by atoms with Crippen LogP contribution in [0.3, 0.4) is 0 Å². The van der Waals surface area contributed by atoms with Crippen molar-refractivity contribution in [2.45, 2.75) is 51.5 Å². The second-order valence-corrected chi connectivity index (χ2v) is 4.77. The zero-order chi connectivity index (χ0) is 12.7. The van der Waals surface area contributed by atoms with E-state index in [9.17, 15) is 9.59 Å². The van der Waals surface area contributed by atoms with Crippen LogP contribution in [0.15, 0.2) is 0 Å². The topological polar surface area (TPSA) is 78.4 Å². The number of aliphatic carboxylic acids is 1. The van der Waals surface area contributed by atoms with Gasteiger partial charge in [0.2, 0.25) is 0 Å². The van der Waals surface area contributed by atoms with Gasteiger partial charge in [-0.3, -0.25) is 4.79 Å². The van der Waals surface area contributed by atoms with Gasteiger partial charge in [0.05, 0.1) is 0 Å². The molecule has 0 spiro atoms. The summed E-state index contributed by atoms with van der Waals surface area (Å²) in [6, 6.07) is 0.174. The van der Waals surface area contributed by atoms with Crippen molar-refractivity contribution >= 4 is 12.0 Å². The minimum Gasteiger partial charge on any atom is -0.481 e. The zero-order valence-electron chi connectivity index (χ0n) is 10.4. The van der Waals surface area contributed by atoms with Crippen LogP contribution < -0.4 is 10.6 Å². The summed E-state index contributed by atoms with van der Waals surface area (Å²) < 4.78 is 0. The van der Waals surface area contributed by atoms with Crippen LogP contribution in [0.2, 0.25) is 0 Å². The first kappa shape index (κ1) is 13.8. The standard InChI is InChI=1S/C12H22N2O3/c1-9-5-4-6-10(9)14-12(17)13-8-3-2-7-11(15)16/h9-10H,2-8H2,1H3,(H,15,16)(H2,13,14,17). The Balaban J connectivity index is 2.03. The molecule has 2 unspecified atom stereocenters. The van der Waals surface area contributed by atoms with Gasteiger partial charge in [0.25, 0.3) is 0 Å². The van der Waals surface area contributed by atoms with Crippen molar-refractivity contribution in [3.05, 3.63) is 0 Å². The number of carboxylic acids is 1. The van der Waals surface area contributed by atoms with Gasteiger partial charge in [0, 0.05) is 19.0 Å². The Morgan fingerprint density at radius 3 is 2.65 bits per heavy atom. The predicted molar refractivity (Wildman–Crippen MR) is 64.8 cm³/mol. The van der Waals surface area contributed by atoms with Gasteiger partial charge in [-0.15, -0.1) is 0 Å². The molecule has 1 fully saturated rings. The molecule has 5 heteroatoms. The average molecular weight is 242 g/mol. The first-order chi connectivity index (χ1) is 8.09. The SMILES string of the molecule is CC1CCCC1NC(=O)NCCCCC(=O)O. The van der Waals surface area contributed by atoms with Crippen molar-refractivity contribution in [2.24, 2.45) is 5.92 Å². The van der Waals surface area contributed by atoms with E-state index in [1.165, 1.54) is 12.8 Å². The largest absolute Gasteiger partial charge is 0.481 e. The third-order valence-electron chi connectivity index (χ3n) is 3.28. The molecule has 0 aromatic heterocycles. The van der Waals surface area contributed by atoms with Crippen LogP contribution in [0.25, 0.3) is 0 Å². The molecule has 1 aliphatic carbocycles. The number of carbonyl (C=O) groups excluding carboxylic acids is 1. The van der Waals surface area contributed by atoms with Gasteiger partial charge in [-0.05, 0) is 31.6 Å². The number of amides is 2. The van der Waals surface area contributed by atoms with E-state index in [2.05, 4.69) is 17.6 Å². The van der Waals surface area contributed by atoms with Gasteiger partial charge >= 0.3 is 12.0 Å². The van der Waals surface area contributed by atoms with Crippen LogP contribution in [-0.2, 0) is 4.79 Å². The molecule has 98 valence electrons. The summed E-state index contributed by atoms with van der Waals surface area (Å²) in [4.78, 5) is 21.8. The quantitative estimate of drug-likeness (QED) is 0.621. The molecular formula is C12H22N2O3. The molecule has 1 saturated carbocycles. The Hall–Kier alpha value is -1.26. The lowest BCUT2D eigenvalue weighted by atomic mass is 10.1. The number of urea groups is 1. The zero-order valence-corrected chi connectivity index (χ0v) is 10.4. The van der Waals surface area contributed by atoms with Gasteiger partial charge in [0.15, 0.2) is 0 Å². The molecule has 3 N–H and O–H groups in total. The van der Waals surface area contributed by atoms with E-state index < -0.39 is 5.97 Å². The first-order valence-corrected chi connectivity index (χ1v) is 6.35. The van der Waals surface area contributed by atoms with Gasteiger partial charge < -0.3 is 15.7 Å². The first-order valence-electron chi connectivity index (χ1n) is 6.35. The fourth-order valence-corrected chi connectivity index (χ4v) is 2.18. The fourth-order valence-electron chi connectivity index (χ4n) is 2.18. The molecule has 1 rings (SSSR count). The maximum atomic E-state index is 11.5. The molecule has 0 saturated heterocycles. The van der Waals surface area contributed by atoms with Crippen LogP contribution in [-0.4, -0.2) is 29.7 Å². The number of carbonyl (C=O) groups is 2. The summed E-state index contributed by atoms with van der Waals surface area (Å²) in [6.45, 7) is 2.70. The summed E-state index contributed by atoms with van der Waals surface area (Å²) in [7, 11) is 0. The highest BCUT2D eigenvalue weighted by Crippen LogP contribution is 2.24. The van der Waals surface area contributed by atoms with E-state index in [1.807, 2.05) is 0 Å². The summed E-state index contributed by atoms with van der Waals surface area (Å²) in [5, 5.41) is 14.2. The summed E-state index contributed by atoms with van der Waals surface area (Å²) >= 11 is 0. The van der Waals surface area contributed by atoms with Crippen molar-refractivity contribution in [3.63, 3.8) is 0 Å². The molecule has 2 amide bonds. The number of unbranched alkanes of at least 4 members (excludes halogenated alkanes) is 1.